The molecule has 2 saturated heterocycles. The number of hydrogen-bond donors (Lipinski definition) is 0. The van der Waals surface area contributed by atoms with Gasteiger partial charge in [-0.15, -0.1) is 0 Å². The highest BCUT2D eigenvalue weighted by molar-refractivity contribution is 5.14. The van der Waals surface area contributed by atoms with E-state index in [1.54, 1.807) is 0 Å². The Morgan fingerprint density at radius 1 is 1.27 bits per heavy atom. The molecule has 5 nitrogen and oxygen atoms in total. The van der Waals surface area contributed by atoms with Crippen LogP contribution in [0.5, 0.6) is 0 Å². The first kappa shape index (κ1) is 17.7. The first-order chi connectivity index (χ1) is 12.8. The fraction of sp³-hybridized carbons (Fsp3) is 0.571. The molecule has 2 aliphatic rings. The van der Waals surface area contributed by atoms with Gasteiger partial charge in [-0.2, -0.15) is 5.10 Å². The average molecular weight is 355 g/mol. The predicted octanol–water partition coefficient (Wildman–Crippen LogP) is 3.24. The number of piperidine rings is 1. The van der Waals surface area contributed by atoms with Crippen molar-refractivity contribution in [1.29, 1.82) is 0 Å². The Morgan fingerprint density at radius 3 is 2.88 bits per heavy atom. The van der Waals surface area contributed by atoms with Crippen LogP contribution < -0.4 is 0 Å². The molecule has 2 atom stereocenters. The molecule has 0 aliphatic carbocycles. The summed E-state index contributed by atoms with van der Waals surface area (Å²) in [6.45, 7) is 7.49. The summed E-state index contributed by atoms with van der Waals surface area (Å²) in [5, 5.41) is 4.40. The zero-order chi connectivity index (χ0) is 17.8. The number of aryl methyl sites for hydroxylation is 1. The first-order valence-corrected chi connectivity index (χ1v) is 9.80. The van der Waals surface area contributed by atoms with Crippen molar-refractivity contribution in [2.24, 2.45) is 0 Å². The van der Waals surface area contributed by atoms with E-state index in [-0.39, 0.29) is 11.7 Å². The maximum Gasteiger partial charge on any atom is 0.107 e. The van der Waals surface area contributed by atoms with Gasteiger partial charge in [0.1, 0.15) is 5.60 Å². The molecule has 0 amide bonds. The SMILES string of the molecule is CCn1cc(CN2CC[C@H](OCc3ccccc3)[C@]3(CCCO3)C2)cn1. The molecule has 3 heterocycles. The van der Waals surface area contributed by atoms with Crippen LogP contribution in [0.3, 0.4) is 0 Å². The molecule has 0 unspecified atom stereocenters. The van der Waals surface area contributed by atoms with Gasteiger partial charge >= 0.3 is 0 Å². The Hall–Kier alpha value is -1.69. The molecular weight excluding hydrogens is 326 g/mol. The molecule has 1 aromatic carbocycles. The van der Waals surface area contributed by atoms with Crippen LogP contribution in [0, 0.1) is 0 Å². The molecule has 0 saturated carbocycles. The average Bonchev–Trinajstić information content (AvgIpc) is 3.32. The minimum Gasteiger partial charge on any atom is -0.371 e. The molecule has 2 aromatic rings. The monoisotopic (exact) mass is 355 g/mol. The largest absolute Gasteiger partial charge is 0.371 e. The van der Waals surface area contributed by atoms with Crippen molar-refractivity contribution in [3.05, 3.63) is 53.9 Å². The molecule has 1 spiro atoms. The Labute approximate surface area is 155 Å². The number of aromatic nitrogens is 2. The van der Waals surface area contributed by atoms with Gasteiger partial charge in [0.05, 0.1) is 18.9 Å². The summed E-state index contributed by atoms with van der Waals surface area (Å²) < 4.78 is 14.6. The van der Waals surface area contributed by atoms with Crippen LogP contribution in [-0.2, 0) is 29.2 Å². The number of ether oxygens (including phenoxy) is 2. The van der Waals surface area contributed by atoms with Gasteiger partial charge in [0, 0.05) is 44.5 Å². The first-order valence-electron chi connectivity index (χ1n) is 9.80. The summed E-state index contributed by atoms with van der Waals surface area (Å²) in [5.74, 6) is 0. The van der Waals surface area contributed by atoms with Crippen LogP contribution in [-0.4, -0.2) is 46.1 Å². The summed E-state index contributed by atoms with van der Waals surface area (Å²) >= 11 is 0. The molecule has 0 radical (unpaired) electrons. The Morgan fingerprint density at radius 2 is 2.15 bits per heavy atom. The normalized spacial score (nSPS) is 26.6. The lowest BCUT2D eigenvalue weighted by molar-refractivity contribution is -0.160. The molecule has 0 N–H and O–H groups in total. The van der Waals surface area contributed by atoms with Crippen LogP contribution in [0.1, 0.15) is 37.3 Å². The Kier molecular flexibility index (Phi) is 5.38. The molecule has 2 fully saturated rings. The molecule has 5 heteroatoms. The second kappa shape index (κ2) is 7.91. The van der Waals surface area contributed by atoms with Gasteiger partial charge in [0.25, 0.3) is 0 Å². The van der Waals surface area contributed by atoms with E-state index in [0.29, 0.717) is 6.61 Å². The van der Waals surface area contributed by atoms with Crippen LogP contribution in [0.2, 0.25) is 0 Å². The second-order valence-corrected chi connectivity index (χ2v) is 7.51. The smallest absolute Gasteiger partial charge is 0.107 e. The van der Waals surface area contributed by atoms with Crippen LogP contribution in [0.15, 0.2) is 42.7 Å². The quantitative estimate of drug-likeness (QED) is 0.797. The number of nitrogens with zero attached hydrogens (tertiary/aromatic N) is 3. The molecular formula is C21H29N3O2. The van der Waals surface area contributed by atoms with E-state index in [4.69, 9.17) is 9.47 Å². The van der Waals surface area contributed by atoms with Crippen molar-refractivity contribution in [3.63, 3.8) is 0 Å². The van der Waals surface area contributed by atoms with Crippen molar-refractivity contribution in [2.45, 2.75) is 57.6 Å². The molecule has 26 heavy (non-hydrogen) atoms. The zero-order valence-corrected chi connectivity index (χ0v) is 15.6. The Balaban J connectivity index is 1.40. The third-order valence-electron chi connectivity index (χ3n) is 5.63. The summed E-state index contributed by atoms with van der Waals surface area (Å²) in [4.78, 5) is 2.50. The van der Waals surface area contributed by atoms with Crippen molar-refractivity contribution in [3.8, 4) is 0 Å². The number of likely N-dealkylation sites (tertiary alicyclic amines) is 1. The van der Waals surface area contributed by atoms with E-state index in [9.17, 15) is 0 Å². The van der Waals surface area contributed by atoms with Gasteiger partial charge in [-0.3, -0.25) is 9.58 Å². The topological polar surface area (TPSA) is 39.5 Å². The van der Waals surface area contributed by atoms with Crippen LogP contribution >= 0.6 is 0 Å². The summed E-state index contributed by atoms with van der Waals surface area (Å²) in [7, 11) is 0. The van der Waals surface area contributed by atoms with Crippen molar-refractivity contribution >= 4 is 0 Å². The molecule has 1 aromatic heterocycles. The van der Waals surface area contributed by atoms with Crippen LogP contribution in [0.4, 0.5) is 0 Å². The maximum atomic E-state index is 6.36. The lowest BCUT2D eigenvalue weighted by atomic mass is 9.86. The van der Waals surface area contributed by atoms with E-state index < -0.39 is 0 Å². The number of rotatable bonds is 6. The predicted molar refractivity (Wildman–Crippen MR) is 101 cm³/mol. The number of benzene rings is 1. The van der Waals surface area contributed by atoms with Gasteiger partial charge in [-0.05, 0) is 31.7 Å². The van der Waals surface area contributed by atoms with Gasteiger partial charge in [0.15, 0.2) is 0 Å². The highest BCUT2D eigenvalue weighted by atomic mass is 16.6. The molecule has 0 bridgehead atoms. The number of hydrogen-bond acceptors (Lipinski definition) is 4. The third-order valence-corrected chi connectivity index (χ3v) is 5.63. The minimum absolute atomic E-state index is 0.145. The molecule has 4 rings (SSSR count). The van der Waals surface area contributed by atoms with E-state index in [2.05, 4.69) is 47.4 Å². The van der Waals surface area contributed by atoms with Gasteiger partial charge in [-0.25, -0.2) is 0 Å². The fourth-order valence-corrected chi connectivity index (χ4v) is 4.28. The lowest BCUT2D eigenvalue weighted by Gasteiger charge is -2.45. The molecule has 2 aliphatic heterocycles. The van der Waals surface area contributed by atoms with E-state index in [1.165, 1.54) is 11.1 Å². The maximum absolute atomic E-state index is 6.36. The van der Waals surface area contributed by atoms with Crippen molar-refractivity contribution in [2.75, 3.05) is 19.7 Å². The minimum atomic E-state index is -0.145. The summed E-state index contributed by atoms with van der Waals surface area (Å²) in [6, 6.07) is 10.4. The third kappa shape index (κ3) is 3.85. The van der Waals surface area contributed by atoms with Gasteiger partial charge in [-0.1, -0.05) is 30.3 Å². The fourth-order valence-electron chi connectivity index (χ4n) is 4.28. The van der Waals surface area contributed by atoms with Crippen LogP contribution in [0.25, 0.3) is 0 Å². The summed E-state index contributed by atoms with van der Waals surface area (Å²) in [6.07, 6.45) is 7.57. The van der Waals surface area contributed by atoms with Gasteiger partial charge < -0.3 is 9.47 Å². The Bertz CT molecular complexity index is 694. The lowest BCUT2D eigenvalue weighted by Crippen LogP contribution is -2.57. The van der Waals surface area contributed by atoms with E-state index in [1.807, 2.05) is 16.9 Å². The van der Waals surface area contributed by atoms with Gasteiger partial charge in [0.2, 0.25) is 0 Å². The molecule has 140 valence electrons. The standard InChI is InChI=1S/C21H29N3O2/c1-2-24-15-19(13-22-24)14-23-11-9-20(21(17-23)10-6-12-26-21)25-16-18-7-4-3-5-8-18/h3-5,7-8,13,15,20H,2,6,9-12,14,16-17H2,1H3/t20-,21-/m0/s1. The highest BCUT2D eigenvalue weighted by Gasteiger charge is 2.47. The highest BCUT2D eigenvalue weighted by Crippen LogP contribution is 2.37. The van der Waals surface area contributed by atoms with E-state index >= 15 is 0 Å². The van der Waals surface area contributed by atoms with E-state index in [0.717, 1.165) is 52.0 Å². The van der Waals surface area contributed by atoms with Crippen molar-refractivity contribution in [1.82, 2.24) is 14.7 Å². The summed E-state index contributed by atoms with van der Waals surface area (Å²) in [5.41, 5.74) is 2.37. The zero-order valence-electron chi connectivity index (χ0n) is 15.6. The second-order valence-electron chi connectivity index (χ2n) is 7.51. The van der Waals surface area contributed by atoms with Crippen molar-refractivity contribution < 1.29 is 9.47 Å².